The van der Waals surface area contributed by atoms with Gasteiger partial charge in [-0.25, -0.2) is 0 Å². The molecule has 0 radical (unpaired) electrons. The second-order valence-electron chi connectivity index (χ2n) is 4.79. The molecular weight excluding hydrogens is 266 g/mol. The molecule has 21 heavy (non-hydrogen) atoms. The van der Waals surface area contributed by atoms with Crippen LogP contribution in [0.2, 0.25) is 0 Å². The number of hydrogen-bond donors (Lipinski definition) is 1. The Morgan fingerprint density at radius 1 is 0.952 bits per heavy atom. The molecule has 0 saturated heterocycles. The summed E-state index contributed by atoms with van der Waals surface area (Å²) in [6.07, 6.45) is 2.03. The Labute approximate surface area is 128 Å². The lowest BCUT2D eigenvalue weighted by Gasteiger charge is -2.13. The predicted octanol–water partition coefficient (Wildman–Crippen LogP) is 3.39. The lowest BCUT2D eigenvalue weighted by atomic mass is 10.2. The molecule has 0 spiro atoms. The third-order valence-electron chi connectivity index (χ3n) is 2.95. The van der Waals surface area contributed by atoms with Crippen LogP contribution in [0.5, 0.6) is 11.5 Å². The molecule has 0 aliphatic carbocycles. The maximum atomic E-state index is 5.70. The number of ether oxygens (including phenoxy) is 3. The fourth-order valence-corrected chi connectivity index (χ4v) is 1.94. The van der Waals surface area contributed by atoms with Crippen molar-refractivity contribution >= 4 is 0 Å². The number of hydrogen-bond acceptors (Lipinski definition) is 4. The van der Waals surface area contributed by atoms with Gasteiger partial charge in [0.15, 0.2) is 11.5 Å². The average molecular weight is 295 g/mol. The fraction of sp³-hybridized carbons (Fsp3) is 0.647. The van der Waals surface area contributed by atoms with Crippen molar-refractivity contribution in [3.63, 3.8) is 0 Å². The zero-order chi connectivity index (χ0) is 15.3. The van der Waals surface area contributed by atoms with Crippen LogP contribution in [0, 0.1) is 0 Å². The van der Waals surface area contributed by atoms with Crippen molar-refractivity contribution in [3.8, 4) is 11.5 Å². The SMILES string of the molecule is CCCOc1ccc(CNCCCOCC)cc1OCC. The molecule has 0 saturated carbocycles. The Kier molecular flexibility index (Phi) is 9.66. The van der Waals surface area contributed by atoms with Gasteiger partial charge >= 0.3 is 0 Å². The normalized spacial score (nSPS) is 10.6. The zero-order valence-corrected chi connectivity index (χ0v) is 13.6. The van der Waals surface area contributed by atoms with Gasteiger partial charge in [-0.1, -0.05) is 13.0 Å². The predicted molar refractivity (Wildman–Crippen MR) is 86.2 cm³/mol. The molecule has 4 nitrogen and oxygen atoms in total. The Morgan fingerprint density at radius 3 is 2.52 bits per heavy atom. The molecule has 0 amide bonds. The standard InChI is InChI=1S/C17H29NO3/c1-4-11-21-16-9-8-15(13-17(16)20-6-3)14-18-10-7-12-19-5-2/h8-9,13,18H,4-7,10-12,14H2,1-3H3. The van der Waals surface area contributed by atoms with Crippen LogP contribution >= 0.6 is 0 Å². The first kappa shape index (κ1) is 17.8. The van der Waals surface area contributed by atoms with Gasteiger partial charge in [-0.2, -0.15) is 0 Å². The summed E-state index contributed by atoms with van der Waals surface area (Å²) >= 11 is 0. The lowest BCUT2D eigenvalue weighted by molar-refractivity contribution is 0.144. The van der Waals surface area contributed by atoms with Crippen LogP contribution < -0.4 is 14.8 Å². The molecule has 0 unspecified atom stereocenters. The maximum absolute atomic E-state index is 5.70. The van der Waals surface area contributed by atoms with Gasteiger partial charge in [0.05, 0.1) is 13.2 Å². The summed E-state index contributed by atoms with van der Waals surface area (Å²) in [5.41, 5.74) is 1.21. The molecule has 0 atom stereocenters. The third kappa shape index (κ3) is 7.34. The second-order valence-corrected chi connectivity index (χ2v) is 4.79. The highest BCUT2D eigenvalue weighted by molar-refractivity contribution is 5.43. The number of nitrogens with one attached hydrogen (secondary N) is 1. The molecular formula is C17H29NO3. The maximum Gasteiger partial charge on any atom is 0.161 e. The van der Waals surface area contributed by atoms with Crippen LogP contribution in [-0.4, -0.2) is 33.0 Å². The van der Waals surface area contributed by atoms with Gasteiger partial charge in [0.25, 0.3) is 0 Å². The molecule has 0 aromatic heterocycles. The molecule has 1 aromatic rings. The van der Waals surface area contributed by atoms with E-state index < -0.39 is 0 Å². The minimum Gasteiger partial charge on any atom is -0.490 e. The van der Waals surface area contributed by atoms with Gasteiger partial charge in [-0.15, -0.1) is 0 Å². The van der Waals surface area contributed by atoms with Crippen LogP contribution in [0.1, 0.15) is 39.2 Å². The molecule has 0 heterocycles. The van der Waals surface area contributed by atoms with E-state index in [1.165, 1.54) is 5.56 Å². The van der Waals surface area contributed by atoms with Crippen molar-refractivity contribution in [1.82, 2.24) is 5.32 Å². The first-order chi connectivity index (χ1) is 10.3. The average Bonchev–Trinajstić information content (AvgIpc) is 2.50. The first-order valence-electron chi connectivity index (χ1n) is 7.98. The molecule has 0 fully saturated rings. The third-order valence-corrected chi connectivity index (χ3v) is 2.95. The summed E-state index contributed by atoms with van der Waals surface area (Å²) in [6.45, 7) is 10.9. The molecule has 4 heteroatoms. The Hall–Kier alpha value is -1.26. The topological polar surface area (TPSA) is 39.7 Å². The quantitative estimate of drug-likeness (QED) is 0.600. The smallest absolute Gasteiger partial charge is 0.161 e. The van der Waals surface area contributed by atoms with E-state index in [9.17, 15) is 0 Å². The first-order valence-corrected chi connectivity index (χ1v) is 7.98. The second kappa shape index (κ2) is 11.4. The minimum atomic E-state index is 0.647. The highest BCUT2D eigenvalue weighted by Crippen LogP contribution is 2.28. The fourth-order valence-electron chi connectivity index (χ4n) is 1.94. The van der Waals surface area contributed by atoms with Gasteiger partial charge in [0.2, 0.25) is 0 Å². The van der Waals surface area contributed by atoms with Crippen LogP contribution in [0.4, 0.5) is 0 Å². The van der Waals surface area contributed by atoms with Crippen molar-refractivity contribution in [2.45, 2.75) is 40.2 Å². The Bertz CT molecular complexity index is 382. The highest BCUT2D eigenvalue weighted by Gasteiger charge is 2.06. The van der Waals surface area contributed by atoms with E-state index >= 15 is 0 Å². The lowest BCUT2D eigenvalue weighted by Crippen LogP contribution is -2.16. The summed E-state index contributed by atoms with van der Waals surface area (Å²) in [5, 5.41) is 3.42. The van der Waals surface area contributed by atoms with Crippen molar-refractivity contribution < 1.29 is 14.2 Å². The van der Waals surface area contributed by atoms with Crippen molar-refractivity contribution in [1.29, 1.82) is 0 Å². The minimum absolute atomic E-state index is 0.647. The van der Waals surface area contributed by atoms with Crippen molar-refractivity contribution in [2.24, 2.45) is 0 Å². The largest absolute Gasteiger partial charge is 0.490 e. The van der Waals surface area contributed by atoms with Crippen LogP contribution in [0.25, 0.3) is 0 Å². The number of benzene rings is 1. The summed E-state index contributed by atoms with van der Waals surface area (Å²) in [4.78, 5) is 0. The zero-order valence-electron chi connectivity index (χ0n) is 13.6. The molecule has 0 bridgehead atoms. The molecule has 1 rings (SSSR count). The van der Waals surface area contributed by atoms with E-state index in [-0.39, 0.29) is 0 Å². The van der Waals surface area contributed by atoms with Gasteiger partial charge in [0.1, 0.15) is 0 Å². The summed E-state index contributed by atoms with van der Waals surface area (Å²) in [5.74, 6) is 1.67. The van der Waals surface area contributed by atoms with E-state index in [1.54, 1.807) is 0 Å². The number of rotatable bonds is 12. The van der Waals surface area contributed by atoms with E-state index in [4.69, 9.17) is 14.2 Å². The Balaban J connectivity index is 2.45. The summed E-state index contributed by atoms with van der Waals surface area (Å²) in [7, 11) is 0. The molecule has 1 N–H and O–H groups in total. The van der Waals surface area contributed by atoms with Gasteiger partial charge in [-0.3, -0.25) is 0 Å². The van der Waals surface area contributed by atoms with Gasteiger partial charge in [-0.05, 0) is 50.9 Å². The van der Waals surface area contributed by atoms with Crippen LogP contribution in [0.15, 0.2) is 18.2 Å². The van der Waals surface area contributed by atoms with E-state index in [0.717, 1.165) is 57.3 Å². The van der Waals surface area contributed by atoms with Crippen molar-refractivity contribution in [3.05, 3.63) is 23.8 Å². The van der Waals surface area contributed by atoms with E-state index in [1.807, 2.05) is 19.9 Å². The van der Waals surface area contributed by atoms with Gasteiger partial charge < -0.3 is 19.5 Å². The van der Waals surface area contributed by atoms with Crippen LogP contribution in [0.3, 0.4) is 0 Å². The van der Waals surface area contributed by atoms with E-state index in [2.05, 4.69) is 24.4 Å². The van der Waals surface area contributed by atoms with Gasteiger partial charge in [0, 0.05) is 19.8 Å². The monoisotopic (exact) mass is 295 g/mol. The molecule has 0 aliphatic heterocycles. The summed E-state index contributed by atoms with van der Waals surface area (Å²) in [6, 6.07) is 6.14. The van der Waals surface area contributed by atoms with Crippen LogP contribution in [-0.2, 0) is 11.3 Å². The van der Waals surface area contributed by atoms with Crippen molar-refractivity contribution in [2.75, 3.05) is 33.0 Å². The molecule has 1 aromatic carbocycles. The van der Waals surface area contributed by atoms with E-state index in [0.29, 0.717) is 6.61 Å². The highest BCUT2D eigenvalue weighted by atomic mass is 16.5. The Morgan fingerprint density at radius 2 is 1.81 bits per heavy atom. The summed E-state index contributed by atoms with van der Waals surface area (Å²) < 4.78 is 16.7. The molecule has 120 valence electrons. The molecule has 0 aliphatic rings.